The first-order valence-electron chi connectivity index (χ1n) is 11.1. The van der Waals surface area contributed by atoms with Crippen molar-refractivity contribution >= 4 is 5.91 Å². The molecule has 3 aromatic rings. The van der Waals surface area contributed by atoms with Gasteiger partial charge >= 0.3 is 0 Å². The lowest BCUT2D eigenvalue weighted by molar-refractivity contribution is 0.0951. The van der Waals surface area contributed by atoms with Gasteiger partial charge in [0.15, 0.2) is 0 Å². The number of nitrogens with zero attached hydrogens (tertiary/aromatic N) is 1. The molecular formula is C26H28N2O5. The van der Waals surface area contributed by atoms with Crippen molar-refractivity contribution in [1.29, 1.82) is 0 Å². The van der Waals surface area contributed by atoms with E-state index in [9.17, 15) is 9.59 Å². The summed E-state index contributed by atoms with van der Waals surface area (Å²) in [7, 11) is 0. The monoisotopic (exact) mass is 448 g/mol. The number of hydrogen-bond acceptors (Lipinski definition) is 6. The second-order valence-electron chi connectivity index (χ2n) is 8.12. The van der Waals surface area contributed by atoms with Crippen LogP contribution in [0, 0.1) is 0 Å². The third-order valence-electron chi connectivity index (χ3n) is 5.67. The van der Waals surface area contributed by atoms with Gasteiger partial charge < -0.3 is 19.6 Å². The maximum atomic E-state index is 12.5. The Morgan fingerprint density at radius 3 is 2.67 bits per heavy atom. The van der Waals surface area contributed by atoms with Gasteiger partial charge in [0, 0.05) is 37.9 Å². The number of benzene rings is 2. The van der Waals surface area contributed by atoms with Gasteiger partial charge in [0.25, 0.3) is 5.91 Å². The normalized spacial score (nSPS) is 13.4. The zero-order chi connectivity index (χ0) is 23.0. The van der Waals surface area contributed by atoms with Crippen LogP contribution in [-0.2, 0) is 26.1 Å². The molecule has 2 N–H and O–H groups in total. The van der Waals surface area contributed by atoms with Gasteiger partial charge in [-0.2, -0.15) is 0 Å². The molecule has 2 aromatic carbocycles. The van der Waals surface area contributed by atoms with E-state index in [4.69, 9.17) is 14.3 Å². The van der Waals surface area contributed by atoms with Crippen molar-refractivity contribution in [1.82, 2.24) is 10.2 Å². The lowest BCUT2D eigenvalue weighted by atomic mass is 10.00. The third kappa shape index (κ3) is 6.09. The van der Waals surface area contributed by atoms with E-state index in [1.807, 2.05) is 0 Å². The van der Waals surface area contributed by atoms with E-state index in [2.05, 4.69) is 34.5 Å². The predicted molar refractivity (Wildman–Crippen MR) is 124 cm³/mol. The van der Waals surface area contributed by atoms with E-state index in [-0.39, 0.29) is 30.3 Å². The van der Waals surface area contributed by atoms with E-state index in [1.165, 1.54) is 23.5 Å². The van der Waals surface area contributed by atoms with Crippen LogP contribution in [0.3, 0.4) is 0 Å². The zero-order valence-electron chi connectivity index (χ0n) is 18.5. The SMILES string of the molecule is O=C(NCCCO)c1ccc(COc2coc(CN3CCc4ccccc4C3)cc2=O)cc1. The minimum atomic E-state index is -0.214. The number of carbonyl (C=O) groups excluding carboxylic acids is 1. The van der Waals surface area contributed by atoms with E-state index >= 15 is 0 Å². The third-order valence-corrected chi connectivity index (χ3v) is 5.67. The summed E-state index contributed by atoms with van der Waals surface area (Å²) in [5.41, 5.74) is 3.85. The number of aliphatic hydroxyl groups excluding tert-OH is 1. The molecule has 7 nitrogen and oxygen atoms in total. The Balaban J connectivity index is 1.30. The summed E-state index contributed by atoms with van der Waals surface area (Å²) < 4.78 is 11.3. The van der Waals surface area contributed by atoms with Gasteiger partial charge in [-0.3, -0.25) is 14.5 Å². The lowest BCUT2D eigenvalue weighted by Crippen LogP contribution is -2.30. The van der Waals surface area contributed by atoms with Crippen LogP contribution in [0.1, 0.15) is 39.2 Å². The van der Waals surface area contributed by atoms with Gasteiger partial charge in [-0.15, -0.1) is 0 Å². The van der Waals surface area contributed by atoms with Crippen molar-refractivity contribution in [2.45, 2.75) is 32.5 Å². The van der Waals surface area contributed by atoms with Crippen LogP contribution in [0.25, 0.3) is 0 Å². The molecule has 4 rings (SSSR count). The molecule has 0 saturated carbocycles. The molecule has 172 valence electrons. The molecule has 1 aromatic heterocycles. The molecule has 33 heavy (non-hydrogen) atoms. The molecule has 1 aliphatic heterocycles. The fourth-order valence-electron chi connectivity index (χ4n) is 3.83. The highest BCUT2D eigenvalue weighted by Gasteiger charge is 2.17. The first kappa shape index (κ1) is 22.8. The Bertz CT molecular complexity index is 1140. The van der Waals surface area contributed by atoms with Gasteiger partial charge in [-0.1, -0.05) is 36.4 Å². The summed E-state index contributed by atoms with van der Waals surface area (Å²) in [6, 6.07) is 16.9. The standard InChI is InChI=1S/C26H28N2O5/c29-13-3-11-27-26(31)21-8-6-19(7-9-21)17-33-25-18-32-23(14-24(25)30)16-28-12-10-20-4-1-2-5-22(20)15-28/h1-2,4-9,14,18,29H,3,10-13,15-17H2,(H,27,31). The van der Waals surface area contributed by atoms with Crippen LogP contribution in [0.2, 0.25) is 0 Å². The fourth-order valence-corrected chi connectivity index (χ4v) is 3.83. The van der Waals surface area contributed by atoms with Gasteiger partial charge in [0.05, 0.1) is 6.54 Å². The molecular weight excluding hydrogens is 420 g/mol. The first-order chi connectivity index (χ1) is 16.1. The minimum Gasteiger partial charge on any atom is -0.482 e. The Morgan fingerprint density at radius 1 is 1.12 bits per heavy atom. The van der Waals surface area contributed by atoms with E-state index in [1.54, 1.807) is 24.3 Å². The average molecular weight is 449 g/mol. The Kier molecular flexibility index (Phi) is 7.55. The predicted octanol–water partition coefficient (Wildman–Crippen LogP) is 2.89. The van der Waals surface area contributed by atoms with Crippen molar-refractivity contribution in [3.63, 3.8) is 0 Å². The van der Waals surface area contributed by atoms with Gasteiger partial charge in [-0.05, 0) is 41.7 Å². The molecule has 0 atom stereocenters. The summed E-state index contributed by atoms with van der Waals surface area (Å²) in [6.45, 7) is 3.00. The molecule has 0 bridgehead atoms. The number of aliphatic hydroxyl groups is 1. The number of rotatable bonds is 9. The van der Waals surface area contributed by atoms with Crippen molar-refractivity contribution in [3.8, 4) is 5.75 Å². The van der Waals surface area contributed by atoms with Crippen molar-refractivity contribution < 1.29 is 19.1 Å². The summed E-state index contributed by atoms with van der Waals surface area (Å²) >= 11 is 0. The highest BCUT2D eigenvalue weighted by molar-refractivity contribution is 5.94. The smallest absolute Gasteiger partial charge is 0.251 e. The maximum absolute atomic E-state index is 12.5. The Hall–Kier alpha value is -3.42. The summed E-state index contributed by atoms with van der Waals surface area (Å²) in [5, 5.41) is 11.5. The number of amides is 1. The van der Waals surface area contributed by atoms with Crippen molar-refractivity contribution in [2.75, 3.05) is 19.7 Å². The Morgan fingerprint density at radius 2 is 1.91 bits per heavy atom. The van der Waals surface area contributed by atoms with Crippen LogP contribution in [0.5, 0.6) is 5.75 Å². The highest BCUT2D eigenvalue weighted by Crippen LogP contribution is 2.20. The number of ether oxygens (including phenoxy) is 1. The van der Waals surface area contributed by atoms with Gasteiger partial charge in [0.2, 0.25) is 11.2 Å². The van der Waals surface area contributed by atoms with Gasteiger partial charge in [-0.25, -0.2) is 0 Å². The molecule has 2 heterocycles. The summed E-state index contributed by atoms with van der Waals surface area (Å²) in [5.74, 6) is 0.584. The first-order valence-corrected chi connectivity index (χ1v) is 11.1. The second-order valence-corrected chi connectivity index (χ2v) is 8.12. The number of carbonyl (C=O) groups is 1. The molecule has 0 saturated heterocycles. The van der Waals surface area contributed by atoms with Crippen LogP contribution >= 0.6 is 0 Å². The average Bonchev–Trinajstić information content (AvgIpc) is 2.84. The van der Waals surface area contributed by atoms with Crippen LogP contribution in [-0.4, -0.2) is 35.6 Å². The molecule has 0 radical (unpaired) electrons. The van der Waals surface area contributed by atoms with E-state index < -0.39 is 0 Å². The molecule has 0 aliphatic carbocycles. The lowest BCUT2D eigenvalue weighted by Gasteiger charge is -2.28. The topological polar surface area (TPSA) is 92.0 Å². The Labute approximate surface area is 192 Å². The van der Waals surface area contributed by atoms with Crippen LogP contribution < -0.4 is 15.5 Å². The van der Waals surface area contributed by atoms with Crippen LogP contribution in [0.15, 0.2) is 70.1 Å². The number of hydrogen-bond donors (Lipinski definition) is 2. The van der Waals surface area contributed by atoms with Gasteiger partial charge in [0.1, 0.15) is 18.6 Å². The van der Waals surface area contributed by atoms with E-state index in [0.29, 0.717) is 30.8 Å². The number of nitrogens with one attached hydrogen (secondary N) is 1. The molecule has 0 fully saturated rings. The molecule has 0 spiro atoms. The minimum absolute atomic E-state index is 0.0400. The fraction of sp³-hybridized carbons (Fsp3) is 0.308. The van der Waals surface area contributed by atoms with Crippen molar-refractivity contribution in [2.24, 2.45) is 0 Å². The van der Waals surface area contributed by atoms with Crippen LogP contribution in [0.4, 0.5) is 0 Å². The quantitative estimate of drug-likeness (QED) is 0.489. The highest BCUT2D eigenvalue weighted by atomic mass is 16.5. The number of fused-ring (bicyclic) bond motifs is 1. The molecule has 1 amide bonds. The maximum Gasteiger partial charge on any atom is 0.251 e. The molecule has 7 heteroatoms. The molecule has 1 aliphatic rings. The zero-order valence-corrected chi connectivity index (χ0v) is 18.5. The van der Waals surface area contributed by atoms with E-state index in [0.717, 1.165) is 25.1 Å². The summed E-state index contributed by atoms with van der Waals surface area (Å²) in [6.07, 6.45) is 2.88. The largest absolute Gasteiger partial charge is 0.482 e. The second kappa shape index (κ2) is 10.9. The summed E-state index contributed by atoms with van der Waals surface area (Å²) in [4.78, 5) is 26.8. The van der Waals surface area contributed by atoms with Crippen molar-refractivity contribution in [3.05, 3.63) is 99.1 Å². The molecule has 0 unspecified atom stereocenters.